The van der Waals surface area contributed by atoms with Gasteiger partial charge < -0.3 is 12.9 Å². The quantitative estimate of drug-likeness (QED) is 0.323. The van der Waals surface area contributed by atoms with Crippen LogP contribution in [0.4, 0.5) is 23.0 Å². The van der Waals surface area contributed by atoms with Crippen molar-refractivity contribution in [2.24, 2.45) is 0 Å². The van der Waals surface area contributed by atoms with E-state index in [1.54, 1.807) is 0 Å². The van der Waals surface area contributed by atoms with Crippen molar-refractivity contribution in [3.8, 4) is 0 Å². The van der Waals surface area contributed by atoms with Crippen LogP contribution in [0, 0.1) is 15.9 Å². The predicted molar refractivity (Wildman–Crippen MR) is 45.8 cm³/mol. The Morgan fingerprint density at radius 2 is 1.88 bits per heavy atom. The standard InChI is InChI=1S/C7H5BF4NO2.K/c9-6-2-1-5(4-8(10,11)12)3-7(6)13(14)15;/h1-3H,4H2;/q-1;+1. The first-order valence-corrected chi connectivity index (χ1v) is 3.93. The summed E-state index contributed by atoms with van der Waals surface area (Å²) in [6, 6.07) is 2.15. The minimum Gasteiger partial charge on any atom is -0.449 e. The van der Waals surface area contributed by atoms with Gasteiger partial charge in [-0.25, -0.2) is 0 Å². The third-order valence-corrected chi connectivity index (χ3v) is 1.67. The van der Waals surface area contributed by atoms with E-state index in [2.05, 4.69) is 0 Å². The van der Waals surface area contributed by atoms with E-state index in [0.29, 0.717) is 12.1 Å². The molecule has 3 nitrogen and oxygen atoms in total. The van der Waals surface area contributed by atoms with Crippen LogP contribution in [-0.4, -0.2) is 11.9 Å². The topological polar surface area (TPSA) is 43.1 Å². The molecule has 0 saturated carbocycles. The minimum atomic E-state index is -5.07. The molecule has 0 amide bonds. The maximum atomic E-state index is 12.7. The summed E-state index contributed by atoms with van der Waals surface area (Å²) in [5, 5.41) is 10.2. The average Bonchev–Trinajstić information content (AvgIpc) is 2.05. The fourth-order valence-corrected chi connectivity index (χ4v) is 1.09. The molecular weight excluding hydrogens is 256 g/mol. The van der Waals surface area contributed by atoms with E-state index in [0.717, 1.165) is 6.07 Å². The van der Waals surface area contributed by atoms with Crippen molar-refractivity contribution in [1.82, 2.24) is 0 Å². The number of hydrogen-bond acceptors (Lipinski definition) is 2. The molecule has 0 saturated heterocycles. The molecule has 16 heavy (non-hydrogen) atoms. The van der Waals surface area contributed by atoms with Crippen LogP contribution in [0.3, 0.4) is 0 Å². The van der Waals surface area contributed by atoms with Gasteiger partial charge in [0.05, 0.1) is 4.92 Å². The van der Waals surface area contributed by atoms with Gasteiger partial charge in [-0.2, -0.15) is 4.39 Å². The summed E-state index contributed by atoms with van der Waals surface area (Å²) in [7, 11) is 0. The minimum absolute atomic E-state index is 0. The van der Waals surface area contributed by atoms with E-state index in [-0.39, 0.29) is 56.9 Å². The summed E-state index contributed by atoms with van der Waals surface area (Å²) in [5.41, 5.74) is -1.25. The molecule has 0 aliphatic rings. The number of nitro benzene ring substituents is 1. The molecule has 0 N–H and O–H groups in total. The van der Waals surface area contributed by atoms with Gasteiger partial charge in [0.25, 0.3) is 0 Å². The second-order valence-corrected chi connectivity index (χ2v) is 2.96. The maximum Gasteiger partial charge on any atom is 1.00 e. The smallest absolute Gasteiger partial charge is 0.449 e. The monoisotopic (exact) mass is 261 g/mol. The second kappa shape index (κ2) is 6.10. The van der Waals surface area contributed by atoms with Gasteiger partial charge in [0.2, 0.25) is 5.82 Å². The van der Waals surface area contributed by atoms with Crippen LogP contribution in [0.5, 0.6) is 0 Å². The molecule has 1 aromatic carbocycles. The molecule has 0 unspecified atom stereocenters. The van der Waals surface area contributed by atoms with E-state index < -0.39 is 29.7 Å². The molecule has 0 heterocycles. The molecule has 0 radical (unpaired) electrons. The summed E-state index contributed by atoms with van der Waals surface area (Å²) >= 11 is 0. The molecule has 0 aromatic heterocycles. The SMILES string of the molecule is O=[N+]([O-])c1cc(C[B-](F)(F)F)ccc1F.[K+]. The molecule has 0 bridgehead atoms. The van der Waals surface area contributed by atoms with Crippen molar-refractivity contribution in [1.29, 1.82) is 0 Å². The predicted octanol–water partition coefficient (Wildman–Crippen LogP) is -0.333. The maximum absolute atomic E-state index is 12.7. The van der Waals surface area contributed by atoms with Crippen molar-refractivity contribution in [3.63, 3.8) is 0 Å². The normalized spacial score (nSPS) is 10.8. The van der Waals surface area contributed by atoms with E-state index in [1.165, 1.54) is 0 Å². The molecule has 1 rings (SSSR count). The van der Waals surface area contributed by atoms with Gasteiger partial charge in [0, 0.05) is 6.07 Å². The van der Waals surface area contributed by atoms with Crippen LogP contribution in [0.15, 0.2) is 18.2 Å². The number of hydrogen-bond donors (Lipinski definition) is 0. The summed E-state index contributed by atoms with van der Waals surface area (Å²) in [5.74, 6) is -1.14. The van der Waals surface area contributed by atoms with Gasteiger partial charge in [0.1, 0.15) is 0 Å². The Morgan fingerprint density at radius 1 is 1.31 bits per heavy atom. The van der Waals surface area contributed by atoms with Crippen LogP contribution in [0.2, 0.25) is 0 Å². The zero-order chi connectivity index (χ0) is 11.6. The molecular formula is C7H5BF4KNO2. The van der Waals surface area contributed by atoms with E-state index in [9.17, 15) is 27.5 Å². The van der Waals surface area contributed by atoms with Crippen LogP contribution in [-0.2, 0) is 6.32 Å². The Labute approximate surface area is 131 Å². The molecule has 9 heteroatoms. The van der Waals surface area contributed by atoms with E-state index in [4.69, 9.17) is 0 Å². The Balaban J connectivity index is 0.00000225. The van der Waals surface area contributed by atoms with Gasteiger partial charge in [0.15, 0.2) is 0 Å². The summed E-state index contributed by atoms with van der Waals surface area (Å²) in [4.78, 5) is 9.18. The zero-order valence-electron chi connectivity index (χ0n) is 8.29. The number of rotatable bonds is 3. The van der Waals surface area contributed by atoms with E-state index >= 15 is 0 Å². The zero-order valence-corrected chi connectivity index (χ0v) is 11.4. The Bertz CT molecular complexity index is 398. The van der Waals surface area contributed by atoms with Crippen molar-refractivity contribution < 1.29 is 73.6 Å². The summed E-state index contributed by atoms with van der Waals surface area (Å²) in [6.07, 6.45) is -1.25. The van der Waals surface area contributed by atoms with Gasteiger partial charge >= 0.3 is 64.0 Å². The number of nitrogens with zero attached hydrogens (tertiary/aromatic N) is 1. The first-order valence-electron chi connectivity index (χ1n) is 3.93. The first kappa shape index (κ1) is 16.0. The summed E-state index contributed by atoms with van der Waals surface area (Å²) < 4.78 is 48.7. The van der Waals surface area contributed by atoms with Gasteiger partial charge in [-0.15, -0.1) is 0 Å². The number of benzene rings is 1. The van der Waals surface area contributed by atoms with Crippen LogP contribution >= 0.6 is 0 Å². The Morgan fingerprint density at radius 3 is 2.31 bits per heavy atom. The fraction of sp³-hybridized carbons (Fsp3) is 0.143. The number of halogens is 4. The number of nitro groups is 1. The van der Waals surface area contributed by atoms with Crippen molar-refractivity contribution >= 4 is 12.7 Å². The first-order chi connectivity index (χ1) is 6.79. The molecule has 82 valence electrons. The van der Waals surface area contributed by atoms with Gasteiger partial charge in [-0.1, -0.05) is 17.9 Å². The second-order valence-electron chi connectivity index (χ2n) is 2.96. The molecule has 0 fully saturated rings. The van der Waals surface area contributed by atoms with Gasteiger partial charge in [-0.3, -0.25) is 10.1 Å². The largest absolute Gasteiger partial charge is 1.00 e. The molecule has 0 aliphatic carbocycles. The molecule has 1 aromatic rings. The Kier molecular flexibility index (Phi) is 6.12. The van der Waals surface area contributed by atoms with Crippen molar-refractivity contribution in [2.75, 3.05) is 0 Å². The molecule has 0 atom stereocenters. The third-order valence-electron chi connectivity index (χ3n) is 1.67. The van der Waals surface area contributed by atoms with Gasteiger partial charge in [-0.05, 0) is 6.07 Å². The summed E-state index contributed by atoms with van der Waals surface area (Å²) in [6.45, 7) is -5.07. The fourth-order valence-electron chi connectivity index (χ4n) is 1.09. The molecule has 0 aliphatic heterocycles. The van der Waals surface area contributed by atoms with Crippen LogP contribution in [0.1, 0.15) is 5.56 Å². The van der Waals surface area contributed by atoms with E-state index in [1.807, 2.05) is 0 Å². The molecule has 0 spiro atoms. The average molecular weight is 261 g/mol. The third kappa shape index (κ3) is 4.92. The van der Waals surface area contributed by atoms with Crippen molar-refractivity contribution in [3.05, 3.63) is 39.7 Å². The van der Waals surface area contributed by atoms with Crippen LogP contribution < -0.4 is 51.4 Å². The Hall–Kier alpha value is 0.0413. The van der Waals surface area contributed by atoms with Crippen LogP contribution in [0.25, 0.3) is 0 Å². The van der Waals surface area contributed by atoms with Crippen molar-refractivity contribution in [2.45, 2.75) is 6.32 Å².